The number of halogens is 3. The van der Waals surface area contributed by atoms with Gasteiger partial charge in [-0.2, -0.15) is 5.10 Å². The van der Waals surface area contributed by atoms with Crippen molar-refractivity contribution in [2.45, 2.75) is 6.43 Å². The van der Waals surface area contributed by atoms with Crippen LogP contribution in [0, 0.1) is 5.82 Å². The van der Waals surface area contributed by atoms with E-state index < -0.39 is 12.2 Å². The van der Waals surface area contributed by atoms with Crippen LogP contribution in [0.25, 0.3) is 10.9 Å². The summed E-state index contributed by atoms with van der Waals surface area (Å²) in [6.45, 7) is 0. The molecular weight excluding hydrogens is 181 g/mol. The number of fused-ring (bicyclic) bond motifs is 1. The van der Waals surface area contributed by atoms with E-state index in [9.17, 15) is 13.2 Å². The van der Waals surface area contributed by atoms with Crippen molar-refractivity contribution in [3.8, 4) is 0 Å². The fraction of sp³-hybridized carbons (Fsp3) is 0.125. The summed E-state index contributed by atoms with van der Waals surface area (Å²) in [5.41, 5.74) is 0.00574. The predicted molar refractivity (Wildman–Crippen MR) is 41.0 cm³/mol. The van der Waals surface area contributed by atoms with Crippen LogP contribution in [0.2, 0.25) is 0 Å². The molecule has 0 saturated carbocycles. The molecule has 1 aromatic heterocycles. The Bertz CT molecular complexity index is 436. The van der Waals surface area contributed by atoms with Gasteiger partial charge >= 0.3 is 0 Å². The van der Waals surface area contributed by atoms with Gasteiger partial charge in [-0.3, -0.25) is 5.10 Å². The second kappa shape index (κ2) is 2.76. The third-order valence-electron chi connectivity index (χ3n) is 1.76. The minimum atomic E-state index is -2.66. The van der Waals surface area contributed by atoms with Gasteiger partial charge in [-0.1, -0.05) is 0 Å². The monoisotopic (exact) mass is 186 g/mol. The van der Waals surface area contributed by atoms with E-state index >= 15 is 0 Å². The summed E-state index contributed by atoms with van der Waals surface area (Å²) in [7, 11) is 0. The summed E-state index contributed by atoms with van der Waals surface area (Å²) >= 11 is 0. The molecule has 13 heavy (non-hydrogen) atoms. The van der Waals surface area contributed by atoms with Crippen LogP contribution in [-0.2, 0) is 0 Å². The first-order chi connectivity index (χ1) is 6.18. The second-order valence-corrected chi connectivity index (χ2v) is 2.60. The van der Waals surface area contributed by atoms with Gasteiger partial charge in [0.15, 0.2) is 0 Å². The highest BCUT2D eigenvalue weighted by Crippen LogP contribution is 2.25. The number of hydrogen-bond acceptors (Lipinski definition) is 1. The van der Waals surface area contributed by atoms with E-state index in [4.69, 9.17) is 0 Å². The zero-order valence-electron chi connectivity index (χ0n) is 6.39. The van der Waals surface area contributed by atoms with Crippen molar-refractivity contribution in [1.82, 2.24) is 10.2 Å². The lowest BCUT2D eigenvalue weighted by atomic mass is 10.2. The molecule has 0 fully saturated rings. The van der Waals surface area contributed by atoms with Crippen LogP contribution in [-0.4, -0.2) is 10.2 Å². The van der Waals surface area contributed by atoms with E-state index in [1.54, 1.807) is 0 Å². The molecule has 2 rings (SSSR count). The van der Waals surface area contributed by atoms with Crippen LogP contribution in [0.15, 0.2) is 18.2 Å². The maximum Gasteiger partial charge on any atom is 0.280 e. The molecule has 0 saturated heterocycles. The molecule has 5 heteroatoms. The average molecular weight is 186 g/mol. The Kier molecular flexibility index (Phi) is 1.72. The van der Waals surface area contributed by atoms with Gasteiger partial charge < -0.3 is 0 Å². The molecule has 0 bridgehead atoms. The number of nitrogens with zero attached hydrogens (tertiary/aromatic N) is 1. The average Bonchev–Trinajstić information content (AvgIpc) is 2.46. The first kappa shape index (κ1) is 8.10. The maximum atomic E-state index is 12.7. The van der Waals surface area contributed by atoms with Crippen molar-refractivity contribution in [3.05, 3.63) is 29.7 Å². The summed E-state index contributed by atoms with van der Waals surface area (Å²) in [5, 5.41) is 5.92. The minimum absolute atomic E-state index is 0.134. The number of aromatic amines is 1. The fourth-order valence-electron chi connectivity index (χ4n) is 1.17. The third-order valence-corrected chi connectivity index (χ3v) is 1.76. The molecule has 1 aromatic carbocycles. The van der Waals surface area contributed by atoms with E-state index in [1.165, 1.54) is 12.1 Å². The molecule has 0 aliphatic rings. The van der Waals surface area contributed by atoms with E-state index in [0.29, 0.717) is 5.52 Å². The number of benzene rings is 1. The van der Waals surface area contributed by atoms with Crippen LogP contribution in [0.4, 0.5) is 13.2 Å². The highest BCUT2D eigenvalue weighted by Gasteiger charge is 2.14. The Morgan fingerprint density at radius 1 is 1.31 bits per heavy atom. The Labute approximate surface area is 71.4 Å². The number of nitrogens with one attached hydrogen (secondary N) is 1. The number of alkyl halides is 2. The van der Waals surface area contributed by atoms with Gasteiger partial charge in [0.05, 0.1) is 5.52 Å². The van der Waals surface area contributed by atoms with Crippen LogP contribution in [0.3, 0.4) is 0 Å². The predicted octanol–water partition coefficient (Wildman–Crippen LogP) is 2.64. The topological polar surface area (TPSA) is 28.7 Å². The SMILES string of the molecule is Fc1ccc2n[nH]c(C(F)F)c2c1. The zero-order chi connectivity index (χ0) is 9.42. The zero-order valence-corrected chi connectivity index (χ0v) is 6.39. The maximum absolute atomic E-state index is 12.7. The van der Waals surface area contributed by atoms with E-state index in [0.717, 1.165) is 6.07 Å². The highest BCUT2D eigenvalue weighted by molar-refractivity contribution is 5.81. The standard InChI is InChI=1S/C8H5F3N2/c9-4-1-2-6-5(3-4)7(8(10)11)13-12-6/h1-3,8H,(H,12,13). The van der Waals surface area contributed by atoms with Crippen molar-refractivity contribution < 1.29 is 13.2 Å². The van der Waals surface area contributed by atoms with Crippen LogP contribution < -0.4 is 0 Å². The van der Waals surface area contributed by atoms with Crippen molar-refractivity contribution in [3.63, 3.8) is 0 Å². The van der Waals surface area contributed by atoms with Gasteiger partial charge in [0.2, 0.25) is 0 Å². The third kappa shape index (κ3) is 1.26. The first-order valence-electron chi connectivity index (χ1n) is 3.60. The van der Waals surface area contributed by atoms with Crippen molar-refractivity contribution >= 4 is 10.9 Å². The lowest BCUT2D eigenvalue weighted by molar-refractivity contribution is 0.147. The summed E-state index contributed by atoms with van der Waals surface area (Å²) in [6.07, 6.45) is -2.66. The minimum Gasteiger partial charge on any atom is -0.276 e. The molecule has 0 atom stereocenters. The van der Waals surface area contributed by atoms with Crippen LogP contribution in [0.5, 0.6) is 0 Å². The number of aromatic nitrogens is 2. The Hall–Kier alpha value is -1.52. The number of rotatable bonds is 1. The van der Waals surface area contributed by atoms with Crippen molar-refractivity contribution in [1.29, 1.82) is 0 Å². The summed E-state index contributed by atoms with van der Waals surface area (Å²) in [5.74, 6) is -0.546. The summed E-state index contributed by atoms with van der Waals surface area (Å²) < 4.78 is 37.2. The molecule has 1 N–H and O–H groups in total. The smallest absolute Gasteiger partial charge is 0.276 e. The van der Waals surface area contributed by atoms with Crippen molar-refractivity contribution in [2.24, 2.45) is 0 Å². The lowest BCUT2D eigenvalue weighted by Gasteiger charge is -1.94. The van der Waals surface area contributed by atoms with E-state index in [1.807, 2.05) is 0 Å². The van der Waals surface area contributed by atoms with Gasteiger partial charge in [-0.25, -0.2) is 13.2 Å². The molecule has 0 spiro atoms. The van der Waals surface area contributed by atoms with E-state index in [-0.39, 0.29) is 11.1 Å². The van der Waals surface area contributed by atoms with Gasteiger partial charge in [-0.05, 0) is 18.2 Å². The summed E-state index contributed by atoms with van der Waals surface area (Å²) in [4.78, 5) is 0. The van der Waals surface area contributed by atoms with Gasteiger partial charge in [0.25, 0.3) is 6.43 Å². The second-order valence-electron chi connectivity index (χ2n) is 2.60. The molecule has 0 aliphatic carbocycles. The first-order valence-corrected chi connectivity index (χ1v) is 3.60. The van der Waals surface area contributed by atoms with Crippen LogP contribution >= 0.6 is 0 Å². The molecule has 68 valence electrons. The molecule has 2 aromatic rings. The molecule has 0 amide bonds. The highest BCUT2D eigenvalue weighted by atomic mass is 19.3. The normalized spacial score (nSPS) is 11.4. The molecule has 1 heterocycles. The van der Waals surface area contributed by atoms with Crippen molar-refractivity contribution in [2.75, 3.05) is 0 Å². The quantitative estimate of drug-likeness (QED) is 0.728. The van der Waals surface area contributed by atoms with Gasteiger partial charge in [0.1, 0.15) is 11.5 Å². The molecule has 0 aliphatic heterocycles. The number of hydrogen-bond donors (Lipinski definition) is 1. The van der Waals surface area contributed by atoms with Crippen LogP contribution in [0.1, 0.15) is 12.1 Å². The van der Waals surface area contributed by atoms with E-state index in [2.05, 4.69) is 10.2 Å². The molecule has 0 radical (unpaired) electrons. The fourth-order valence-corrected chi connectivity index (χ4v) is 1.17. The Morgan fingerprint density at radius 3 is 2.77 bits per heavy atom. The molecule has 2 nitrogen and oxygen atoms in total. The Morgan fingerprint density at radius 2 is 2.08 bits per heavy atom. The number of H-pyrrole nitrogens is 1. The largest absolute Gasteiger partial charge is 0.280 e. The lowest BCUT2D eigenvalue weighted by Crippen LogP contribution is -1.84. The summed E-state index contributed by atoms with van der Waals surface area (Å²) in [6, 6.07) is 3.58. The van der Waals surface area contributed by atoms with Gasteiger partial charge in [-0.15, -0.1) is 0 Å². The van der Waals surface area contributed by atoms with Gasteiger partial charge in [0, 0.05) is 5.39 Å². The Balaban J connectivity index is 2.71. The molecular formula is C8H5F3N2. The molecule has 0 unspecified atom stereocenters.